The van der Waals surface area contributed by atoms with E-state index in [-0.39, 0.29) is 11.3 Å². The van der Waals surface area contributed by atoms with Crippen molar-refractivity contribution in [3.63, 3.8) is 0 Å². The number of carbonyl (C=O) groups is 2. The van der Waals surface area contributed by atoms with Crippen molar-refractivity contribution in [3.05, 3.63) is 65.5 Å². The molecule has 1 aliphatic heterocycles. The van der Waals surface area contributed by atoms with Gasteiger partial charge in [0, 0.05) is 24.5 Å². The van der Waals surface area contributed by atoms with Crippen molar-refractivity contribution in [2.24, 2.45) is 0 Å². The van der Waals surface area contributed by atoms with E-state index in [0.29, 0.717) is 30.9 Å². The van der Waals surface area contributed by atoms with Gasteiger partial charge in [0.15, 0.2) is 0 Å². The van der Waals surface area contributed by atoms with Gasteiger partial charge in [-0.25, -0.2) is 0 Å². The summed E-state index contributed by atoms with van der Waals surface area (Å²) in [4.78, 5) is 33.5. The van der Waals surface area contributed by atoms with Crippen LogP contribution in [-0.4, -0.2) is 65.4 Å². The highest BCUT2D eigenvalue weighted by Crippen LogP contribution is 2.39. The fourth-order valence-electron chi connectivity index (χ4n) is 3.76. The summed E-state index contributed by atoms with van der Waals surface area (Å²) >= 11 is 0. The van der Waals surface area contributed by atoms with Crippen LogP contribution in [0.3, 0.4) is 0 Å². The molecule has 1 aromatic carbocycles. The third-order valence-corrected chi connectivity index (χ3v) is 5.46. The van der Waals surface area contributed by atoms with Gasteiger partial charge in [-0.15, -0.1) is 0 Å². The number of hydrogen-bond acceptors (Lipinski definition) is 6. The minimum atomic E-state index is -0.669. The maximum Gasteiger partial charge on any atom is 0.295 e. The molecule has 1 N–H and O–H groups in total. The molecule has 1 fully saturated rings. The van der Waals surface area contributed by atoms with Crippen molar-refractivity contribution in [1.29, 1.82) is 0 Å². The number of benzene rings is 1. The molecule has 1 unspecified atom stereocenters. The Kier molecular flexibility index (Phi) is 8.00. The number of amides is 1. The summed E-state index contributed by atoms with van der Waals surface area (Å²) in [7, 11) is 3.92. The molecule has 0 saturated carbocycles. The van der Waals surface area contributed by atoms with Crippen molar-refractivity contribution >= 4 is 17.4 Å². The number of ether oxygens (including phenoxy) is 1. The number of hydrogen-bond donors (Lipinski definition) is 1. The van der Waals surface area contributed by atoms with Gasteiger partial charge in [0.2, 0.25) is 0 Å². The van der Waals surface area contributed by atoms with E-state index in [0.717, 1.165) is 24.9 Å². The first kappa shape index (κ1) is 23.5. The Bertz CT molecular complexity index is 955. The van der Waals surface area contributed by atoms with Gasteiger partial charge in [-0.1, -0.05) is 13.3 Å². The molecule has 0 bridgehead atoms. The van der Waals surface area contributed by atoms with Gasteiger partial charge in [0.25, 0.3) is 11.7 Å². The molecule has 1 saturated heterocycles. The second kappa shape index (κ2) is 10.9. The molecule has 7 nitrogen and oxygen atoms in total. The summed E-state index contributed by atoms with van der Waals surface area (Å²) in [5.41, 5.74) is 1.31. The number of nitrogens with zero attached hydrogens (tertiary/aromatic N) is 3. The molecular weight excluding hydrogens is 406 g/mol. The van der Waals surface area contributed by atoms with Crippen molar-refractivity contribution in [2.45, 2.75) is 32.2 Å². The molecule has 1 atom stereocenters. The van der Waals surface area contributed by atoms with E-state index in [1.54, 1.807) is 53.7 Å². The minimum Gasteiger partial charge on any atom is -0.507 e. The van der Waals surface area contributed by atoms with E-state index in [1.807, 2.05) is 19.0 Å². The molecule has 0 radical (unpaired) electrons. The van der Waals surface area contributed by atoms with Crippen LogP contribution >= 0.6 is 0 Å². The number of pyridine rings is 1. The fourth-order valence-corrected chi connectivity index (χ4v) is 3.76. The molecular formula is C25H31N3O4. The highest BCUT2D eigenvalue weighted by molar-refractivity contribution is 6.46. The van der Waals surface area contributed by atoms with Crippen LogP contribution in [0.15, 0.2) is 54.4 Å². The number of unbranched alkanes of at least 4 members (excludes halogenated alkanes) is 1. The molecule has 1 amide bonds. The van der Waals surface area contributed by atoms with Crippen LogP contribution in [0.5, 0.6) is 5.75 Å². The summed E-state index contributed by atoms with van der Waals surface area (Å²) in [6.07, 6.45) is 5.97. The van der Waals surface area contributed by atoms with Gasteiger partial charge in [-0.3, -0.25) is 14.6 Å². The first-order chi connectivity index (χ1) is 15.4. The summed E-state index contributed by atoms with van der Waals surface area (Å²) < 4.78 is 5.68. The van der Waals surface area contributed by atoms with E-state index < -0.39 is 17.7 Å². The van der Waals surface area contributed by atoms with Crippen LogP contribution in [0.2, 0.25) is 0 Å². The second-order valence-electron chi connectivity index (χ2n) is 8.16. The van der Waals surface area contributed by atoms with Gasteiger partial charge in [-0.05, 0) is 75.4 Å². The lowest BCUT2D eigenvalue weighted by Gasteiger charge is -2.25. The standard InChI is InChI=1S/C25H31N3O4/c1-4-5-17-32-20-9-7-19(8-10-20)23(29)21-22(18-11-13-26-14-12-18)28(25(31)24(21)30)16-6-15-27(2)3/h7-14,22,29H,4-6,15-17H2,1-3H3/b23-21+. The lowest BCUT2D eigenvalue weighted by Crippen LogP contribution is -2.32. The van der Waals surface area contributed by atoms with E-state index in [2.05, 4.69) is 11.9 Å². The number of Topliss-reactive ketones (excluding diaryl/α,β-unsaturated/α-hetero) is 1. The molecule has 2 heterocycles. The molecule has 3 rings (SSSR count). The Hall–Kier alpha value is -3.19. The zero-order chi connectivity index (χ0) is 23.1. The van der Waals surface area contributed by atoms with Gasteiger partial charge >= 0.3 is 0 Å². The summed E-state index contributed by atoms with van der Waals surface area (Å²) in [5.74, 6) is -0.741. The quantitative estimate of drug-likeness (QED) is 0.265. The molecule has 1 aliphatic rings. The van der Waals surface area contributed by atoms with Gasteiger partial charge < -0.3 is 19.6 Å². The molecule has 2 aromatic rings. The molecule has 32 heavy (non-hydrogen) atoms. The Labute approximate surface area is 189 Å². The molecule has 0 aliphatic carbocycles. The van der Waals surface area contributed by atoms with E-state index in [4.69, 9.17) is 4.74 Å². The number of ketones is 1. The van der Waals surface area contributed by atoms with Crippen molar-refractivity contribution in [1.82, 2.24) is 14.8 Å². The third kappa shape index (κ3) is 5.34. The third-order valence-electron chi connectivity index (χ3n) is 5.46. The highest BCUT2D eigenvalue weighted by Gasteiger charge is 2.45. The van der Waals surface area contributed by atoms with Crippen molar-refractivity contribution < 1.29 is 19.4 Å². The van der Waals surface area contributed by atoms with Crippen LogP contribution in [0.25, 0.3) is 5.76 Å². The van der Waals surface area contributed by atoms with Gasteiger partial charge in [0.1, 0.15) is 11.5 Å². The van der Waals surface area contributed by atoms with Crippen molar-refractivity contribution in [2.75, 3.05) is 33.8 Å². The minimum absolute atomic E-state index is 0.103. The van der Waals surface area contributed by atoms with E-state index in [1.165, 1.54) is 0 Å². The average Bonchev–Trinajstić information content (AvgIpc) is 3.04. The second-order valence-corrected chi connectivity index (χ2v) is 8.16. The van der Waals surface area contributed by atoms with Crippen LogP contribution in [0.1, 0.15) is 43.4 Å². The first-order valence-corrected chi connectivity index (χ1v) is 11.0. The van der Waals surface area contributed by atoms with E-state index >= 15 is 0 Å². The monoisotopic (exact) mass is 437 g/mol. The predicted molar refractivity (Wildman–Crippen MR) is 123 cm³/mol. The first-order valence-electron chi connectivity index (χ1n) is 11.0. The number of aliphatic hydroxyl groups excluding tert-OH is 1. The maximum absolute atomic E-state index is 13.0. The Morgan fingerprint density at radius 1 is 1.09 bits per heavy atom. The normalized spacial score (nSPS) is 17.9. The number of aromatic nitrogens is 1. The average molecular weight is 438 g/mol. The topological polar surface area (TPSA) is 83.0 Å². The molecule has 170 valence electrons. The van der Waals surface area contributed by atoms with Crippen molar-refractivity contribution in [3.8, 4) is 5.75 Å². The van der Waals surface area contributed by atoms with Crippen LogP contribution < -0.4 is 4.74 Å². The summed E-state index contributed by atoms with van der Waals surface area (Å²) in [6.45, 7) is 3.92. The lowest BCUT2D eigenvalue weighted by molar-refractivity contribution is -0.139. The molecule has 7 heteroatoms. The number of aliphatic hydroxyl groups is 1. The van der Waals surface area contributed by atoms with Crippen LogP contribution in [0, 0.1) is 0 Å². The predicted octanol–water partition coefficient (Wildman–Crippen LogP) is 3.63. The van der Waals surface area contributed by atoms with Crippen LogP contribution in [-0.2, 0) is 9.59 Å². The number of carbonyl (C=O) groups excluding carboxylic acids is 2. The lowest BCUT2D eigenvalue weighted by atomic mass is 9.96. The summed E-state index contributed by atoms with van der Waals surface area (Å²) in [5, 5.41) is 11.1. The fraction of sp³-hybridized carbons (Fsp3) is 0.400. The summed E-state index contributed by atoms with van der Waals surface area (Å²) in [6, 6.07) is 9.83. The highest BCUT2D eigenvalue weighted by atomic mass is 16.5. The van der Waals surface area contributed by atoms with Crippen LogP contribution in [0.4, 0.5) is 0 Å². The Morgan fingerprint density at radius 3 is 2.41 bits per heavy atom. The Morgan fingerprint density at radius 2 is 1.78 bits per heavy atom. The smallest absolute Gasteiger partial charge is 0.295 e. The van der Waals surface area contributed by atoms with Gasteiger partial charge in [-0.2, -0.15) is 0 Å². The zero-order valence-corrected chi connectivity index (χ0v) is 19.0. The number of likely N-dealkylation sites (tertiary alicyclic amines) is 1. The SMILES string of the molecule is CCCCOc1ccc(/C(O)=C2\C(=O)C(=O)N(CCCN(C)C)C2c2ccncc2)cc1. The largest absolute Gasteiger partial charge is 0.507 e. The van der Waals surface area contributed by atoms with Gasteiger partial charge in [0.05, 0.1) is 18.2 Å². The Balaban J connectivity index is 1.95. The number of rotatable bonds is 10. The molecule has 1 aromatic heterocycles. The zero-order valence-electron chi connectivity index (χ0n) is 19.0. The maximum atomic E-state index is 13.0. The van der Waals surface area contributed by atoms with E-state index in [9.17, 15) is 14.7 Å². The molecule has 0 spiro atoms.